The molecule has 2 aromatic rings. The maximum absolute atomic E-state index is 12.6. The second kappa shape index (κ2) is 9.72. The molecule has 1 aliphatic rings. The molecule has 6 nitrogen and oxygen atoms in total. The number of carbonyl (C=O) groups is 2. The lowest BCUT2D eigenvalue weighted by molar-refractivity contribution is -0.140. The summed E-state index contributed by atoms with van der Waals surface area (Å²) in [7, 11) is 1.97. The summed E-state index contributed by atoms with van der Waals surface area (Å²) in [5.41, 5.74) is 2.68. The van der Waals surface area contributed by atoms with Gasteiger partial charge in [0.2, 0.25) is 5.91 Å². The van der Waals surface area contributed by atoms with Crippen LogP contribution in [0.2, 0.25) is 0 Å². The van der Waals surface area contributed by atoms with Crippen molar-refractivity contribution < 1.29 is 22.8 Å². The molecule has 2 N–H and O–H groups in total. The molecule has 1 unspecified atom stereocenters. The quantitative estimate of drug-likeness (QED) is 0.723. The largest absolute Gasteiger partial charge is 0.405 e. The Morgan fingerprint density at radius 3 is 2.42 bits per heavy atom. The van der Waals surface area contributed by atoms with Gasteiger partial charge in [0.15, 0.2) is 0 Å². The Morgan fingerprint density at radius 2 is 1.77 bits per heavy atom. The zero-order chi connectivity index (χ0) is 22.4. The molecule has 0 saturated carbocycles. The molecule has 3 amide bonds. The molecule has 166 valence electrons. The minimum atomic E-state index is -4.49. The highest BCUT2D eigenvalue weighted by Crippen LogP contribution is 2.22. The first kappa shape index (κ1) is 22.5. The average molecular weight is 434 g/mol. The molecule has 9 heteroatoms. The van der Waals surface area contributed by atoms with E-state index in [0.29, 0.717) is 25.1 Å². The first-order chi connectivity index (χ1) is 14.7. The number of halogens is 3. The van der Waals surface area contributed by atoms with Crippen molar-refractivity contribution in [3.63, 3.8) is 0 Å². The van der Waals surface area contributed by atoms with Gasteiger partial charge in [-0.05, 0) is 42.7 Å². The van der Waals surface area contributed by atoms with Crippen LogP contribution in [0.3, 0.4) is 0 Å². The van der Waals surface area contributed by atoms with Crippen molar-refractivity contribution in [2.24, 2.45) is 0 Å². The van der Waals surface area contributed by atoms with Crippen molar-refractivity contribution in [1.82, 2.24) is 10.2 Å². The molecule has 31 heavy (non-hydrogen) atoms. The Labute approximate surface area is 179 Å². The maximum Gasteiger partial charge on any atom is 0.405 e. The fourth-order valence-electron chi connectivity index (χ4n) is 3.53. The standard InChI is InChI=1S/C22H25F3N4O2/c1-28(14-16-6-3-2-4-7-16)18-11-9-17(10-12-18)27-21(31)29-13-5-8-19(29)20(30)26-15-22(23,24)25/h2-4,6-7,9-12,19H,5,8,13-15H2,1H3,(H,26,30)(H,27,31). The minimum Gasteiger partial charge on any atom is -0.370 e. The van der Waals surface area contributed by atoms with Crippen LogP contribution in [0.15, 0.2) is 54.6 Å². The van der Waals surface area contributed by atoms with Gasteiger partial charge in [-0.25, -0.2) is 4.79 Å². The zero-order valence-corrected chi connectivity index (χ0v) is 17.2. The molecule has 1 saturated heterocycles. The summed E-state index contributed by atoms with van der Waals surface area (Å²) in [6.07, 6.45) is -3.60. The van der Waals surface area contributed by atoms with E-state index in [4.69, 9.17) is 0 Å². The number of anilines is 2. The van der Waals surface area contributed by atoms with Crippen LogP contribution in [-0.4, -0.2) is 49.2 Å². The van der Waals surface area contributed by atoms with E-state index in [1.807, 2.05) is 54.8 Å². The lowest BCUT2D eigenvalue weighted by Gasteiger charge is -2.25. The highest BCUT2D eigenvalue weighted by Gasteiger charge is 2.36. The Kier molecular flexibility index (Phi) is 7.04. The maximum atomic E-state index is 12.6. The zero-order valence-electron chi connectivity index (χ0n) is 17.2. The van der Waals surface area contributed by atoms with Crippen LogP contribution >= 0.6 is 0 Å². The van der Waals surface area contributed by atoms with Gasteiger partial charge in [-0.3, -0.25) is 4.79 Å². The first-order valence-electron chi connectivity index (χ1n) is 10.00. The van der Waals surface area contributed by atoms with Crippen LogP contribution in [0.25, 0.3) is 0 Å². The van der Waals surface area contributed by atoms with E-state index in [9.17, 15) is 22.8 Å². The molecule has 0 aliphatic carbocycles. The Morgan fingerprint density at radius 1 is 1.10 bits per heavy atom. The van der Waals surface area contributed by atoms with Crippen molar-refractivity contribution in [2.45, 2.75) is 31.6 Å². The van der Waals surface area contributed by atoms with E-state index in [-0.39, 0.29) is 0 Å². The molecule has 1 aliphatic heterocycles. The Balaban J connectivity index is 1.56. The number of amides is 3. The summed E-state index contributed by atoms with van der Waals surface area (Å²) in [5, 5.41) is 4.59. The fourth-order valence-corrected chi connectivity index (χ4v) is 3.53. The molecule has 1 atom stereocenters. The molecule has 1 fully saturated rings. The Hall–Kier alpha value is -3.23. The normalized spacial score (nSPS) is 16.1. The van der Waals surface area contributed by atoms with E-state index in [1.54, 1.807) is 12.1 Å². The second-order valence-electron chi connectivity index (χ2n) is 7.50. The van der Waals surface area contributed by atoms with Gasteiger partial charge in [0.05, 0.1) is 0 Å². The van der Waals surface area contributed by atoms with Crippen LogP contribution in [0.5, 0.6) is 0 Å². The highest BCUT2D eigenvalue weighted by molar-refractivity contribution is 5.94. The van der Waals surface area contributed by atoms with Crippen molar-refractivity contribution in [1.29, 1.82) is 0 Å². The van der Waals surface area contributed by atoms with Crippen molar-refractivity contribution >= 4 is 23.3 Å². The SMILES string of the molecule is CN(Cc1ccccc1)c1ccc(NC(=O)N2CCCC2C(=O)NCC(F)(F)F)cc1. The lowest BCUT2D eigenvalue weighted by atomic mass is 10.2. The summed E-state index contributed by atoms with van der Waals surface area (Å²) in [5.74, 6) is -0.789. The van der Waals surface area contributed by atoms with E-state index >= 15 is 0 Å². The third-order valence-corrected chi connectivity index (χ3v) is 5.10. The van der Waals surface area contributed by atoms with E-state index < -0.39 is 30.7 Å². The number of benzene rings is 2. The summed E-state index contributed by atoms with van der Waals surface area (Å²) in [4.78, 5) is 28.0. The predicted molar refractivity (Wildman–Crippen MR) is 113 cm³/mol. The van der Waals surface area contributed by atoms with Crippen molar-refractivity contribution in [3.8, 4) is 0 Å². The molecule has 0 radical (unpaired) electrons. The average Bonchev–Trinajstić information content (AvgIpc) is 3.23. The third kappa shape index (κ3) is 6.37. The highest BCUT2D eigenvalue weighted by atomic mass is 19.4. The van der Waals surface area contributed by atoms with Gasteiger partial charge in [-0.2, -0.15) is 13.2 Å². The van der Waals surface area contributed by atoms with Crippen molar-refractivity contribution in [3.05, 3.63) is 60.2 Å². The van der Waals surface area contributed by atoms with Gasteiger partial charge < -0.3 is 20.4 Å². The van der Waals surface area contributed by atoms with E-state index in [0.717, 1.165) is 12.2 Å². The first-order valence-corrected chi connectivity index (χ1v) is 10.00. The number of hydrogen-bond acceptors (Lipinski definition) is 3. The predicted octanol–water partition coefficient (Wildman–Crippen LogP) is 4.00. The summed E-state index contributed by atoms with van der Waals surface area (Å²) >= 11 is 0. The second-order valence-corrected chi connectivity index (χ2v) is 7.50. The number of nitrogens with zero attached hydrogens (tertiary/aromatic N) is 2. The van der Waals surface area contributed by atoms with Crippen LogP contribution in [0, 0.1) is 0 Å². The number of nitrogens with one attached hydrogen (secondary N) is 2. The summed E-state index contributed by atoms with van der Waals surface area (Å²) in [6, 6.07) is 15.9. The van der Waals surface area contributed by atoms with E-state index in [2.05, 4.69) is 10.2 Å². The number of rotatable bonds is 6. The fraction of sp³-hybridized carbons (Fsp3) is 0.364. The number of alkyl halides is 3. The van der Waals surface area contributed by atoms with Gasteiger partial charge in [-0.15, -0.1) is 0 Å². The molecule has 0 spiro atoms. The van der Waals surface area contributed by atoms with Crippen LogP contribution in [0.4, 0.5) is 29.3 Å². The smallest absolute Gasteiger partial charge is 0.370 e. The number of likely N-dealkylation sites (tertiary alicyclic amines) is 1. The van der Waals surface area contributed by atoms with Crippen LogP contribution in [0.1, 0.15) is 18.4 Å². The van der Waals surface area contributed by atoms with Crippen LogP contribution in [-0.2, 0) is 11.3 Å². The van der Waals surface area contributed by atoms with Gasteiger partial charge >= 0.3 is 12.2 Å². The number of carbonyl (C=O) groups excluding carboxylic acids is 2. The molecule has 3 rings (SSSR count). The molecule has 0 bridgehead atoms. The van der Waals surface area contributed by atoms with E-state index in [1.165, 1.54) is 10.5 Å². The van der Waals surface area contributed by atoms with Crippen LogP contribution < -0.4 is 15.5 Å². The summed E-state index contributed by atoms with van der Waals surface area (Å²) < 4.78 is 37.0. The topological polar surface area (TPSA) is 64.7 Å². The van der Waals surface area contributed by atoms with Gasteiger partial charge in [-0.1, -0.05) is 30.3 Å². The minimum absolute atomic E-state index is 0.313. The molecular weight excluding hydrogens is 409 g/mol. The summed E-state index contributed by atoms with van der Waals surface area (Å²) in [6.45, 7) is -0.362. The Bertz CT molecular complexity index is 888. The monoisotopic (exact) mass is 434 g/mol. The lowest BCUT2D eigenvalue weighted by Crippen LogP contribution is -2.49. The molecule has 0 aromatic heterocycles. The van der Waals surface area contributed by atoms with Crippen molar-refractivity contribution in [2.75, 3.05) is 30.4 Å². The number of urea groups is 1. The molecular formula is C22H25F3N4O2. The van der Waals surface area contributed by atoms with Gasteiger partial charge in [0, 0.05) is 31.5 Å². The van der Waals surface area contributed by atoms with Gasteiger partial charge in [0.25, 0.3) is 0 Å². The molecule has 2 aromatic carbocycles. The van der Waals surface area contributed by atoms with Gasteiger partial charge in [0.1, 0.15) is 12.6 Å². The molecule has 1 heterocycles. The third-order valence-electron chi connectivity index (χ3n) is 5.10. The number of hydrogen-bond donors (Lipinski definition) is 2.